The van der Waals surface area contributed by atoms with Crippen molar-refractivity contribution in [1.29, 1.82) is 0 Å². The molecule has 1 heterocycles. The van der Waals surface area contributed by atoms with Crippen molar-refractivity contribution in [2.45, 2.75) is 39.5 Å². The van der Waals surface area contributed by atoms with Crippen molar-refractivity contribution >= 4 is 0 Å². The fourth-order valence-corrected chi connectivity index (χ4v) is 2.26. The van der Waals surface area contributed by atoms with Gasteiger partial charge in [-0.1, -0.05) is 13.8 Å². The van der Waals surface area contributed by atoms with E-state index in [4.69, 9.17) is 5.73 Å². The van der Waals surface area contributed by atoms with Crippen LogP contribution < -0.4 is 5.73 Å². The average molecular weight is 193 g/mol. The van der Waals surface area contributed by atoms with Gasteiger partial charge in [-0.25, -0.2) is 0 Å². The van der Waals surface area contributed by atoms with E-state index in [0.29, 0.717) is 12.0 Å². The molecular formula is C11H19N3. The molecule has 2 rings (SSSR count). The molecule has 0 fully saturated rings. The van der Waals surface area contributed by atoms with E-state index in [2.05, 4.69) is 24.0 Å². The Morgan fingerprint density at radius 3 is 3.00 bits per heavy atom. The number of nitrogens with one attached hydrogen (secondary N) is 1. The normalized spacial score (nSPS) is 19.4. The van der Waals surface area contributed by atoms with Gasteiger partial charge < -0.3 is 5.73 Å². The summed E-state index contributed by atoms with van der Waals surface area (Å²) < 4.78 is 0. The van der Waals surface area contributed by atoms with Crippen molar-refractivity contribution in [2.24, 2.45) is 11.1 Å². The zero-order chi connectivity index (χ0) is 10.2. The maximum Gasteiger partial charge on any atom is 0.0669 e. The van der Waals surface area contributed by atoms with Crippen LogP contribution in [0.1, 0.15) is 37.2 Å². The van der Waals surface area contributed by atoms with E-state index in [9.17, 15) is 0 Å². The molecule has 1 aliphatic carbocycles. The van der Waals surface area contributed by atoms with Crippen molar-refractivity contribution in [3.63, 3.8) is 0 Å². The summed E-state index contributed by atoms with van der Waals surface area (Å²) in [4.78, 5) is 0. The Kier molecular flexibility index (Phi) is 2.35. The van der Waals surface area contributed by atoms with Crippen LogP contribution in [0.5, 0.6) is 0 Å². The highest BCUT2D eigenvalue weighted by molar-refractivity contribution is 5.29. The van der Waals surface area contributed by atoms with Gasteiger partial charge in [-0.15, -0.1) is 0 Å². The summed E-state index contributed by atoms with van der Waals surface area (Å²) in [6, 6.07) is 0. The Labute approximate surface area is 85.1 Å². The minimum Gasteiger partial charge on any atom is -0.330 e. The quantitative estimate of drug-likeness (QED) is 0.746. The summed E-state index contributed by atoms with van der Waals surface area (Å²) in [5.74, 6) is 0. The smallest absolute Gasteiger partial charge is 0.0669 e. The van der Waals surface area contributed by atoms with Crippen LogP contribution in [0.15, 0.2) is 0 Å². The SMILES string of the molecule is CC1(C)CCc2c(CCN)n[nH]c2C1. The predicted octanol–water partition coefficient (Wildman–Crippen LogP) is 1.43. The van der Waals surface area contributed by atoms with Crippen LogP contribution in [0, 0.1) is 5.41 Å². The van der Waals surface area contributed by atoms with Crippen LogP contribution in [-0.2, 0) is 19.3 Å². The molecule has 0 unspecified atom stereocenters. The molecule has 0 saturated heterocycles. The summed E-state index contributed by atoms with van der Waals surface area (Å²) in [6.07, 6.45) is 4.46. The molecule has 78 valence electrons. The Hall–Kier alpha value is -0.830. The van der Waals surface area contributed by atoms with Gasteiger partial charge in [0.25, 0.3) is 0 Å². The molecule has 0 saturated carbocycles. The predicted molar refractivity (Wildman–Crippen MR) is 57.2 cm³/mol. The molecule has 3 heteroatoms. The molecule has 1 aromatic heterocycles. The number of aromatic nitrogens is 2. The van der Waals surface area contributed by atoms with Gasteiger partial charge in [0.2, 0.25) is 0 Å². The van der Waals surface area contributed by atoms with Gasteiger partial charge in [-0.3, -0.25) is 5.10 Å². The second kappa shape index (κ2) is 3.39. The summed E-state index contributed by atoms with van der Waals surface area (Å²) in [5.41, 5.74) is 9.95. The van der Waals surface area contributed by atoms with Crippen molar-refractivity contribution in [1.82, 2.24) is 10.2 Å². The number of hydrogen-bond acceptors (Lipinski definition) is 2. The largest absolute Gasteiger partial charge is 0.330 e. The minimum absolute atomic E-state index is 0.430. The van der Waals surface area contributed by atoms with Gasteiger partial charge >= 0.3 is 0 Å². The summed E-state index contributed by atoms with van der Waals surface area (Å²) in [5, 5.41) is 7.51. The van der Waals surface area contributed by atoms with Crippen LogP contribution >= 0.6 is 0 Å². The first kappa shape index (κ1) is 9.71. The standard InChI is InChI=1S/C11H19N3/c1-11(2)5-3-8-9(4-6-12)13-14-10(8)7-11/h3-7,12H2,1-2H3,(H,13,14). The highest BCUT2D eigenvalue weighted by atomic mass is 15.1. The number of hydrogen-bond donors (Lipinski definition) is 2. The molecule has 0 spiro atoms. The van der Waals surface area contributed by atoms with Crippen LogP contribution in [0.2, 0.25) is 0 Å². The first-order chi connectivity index (χ1) is 6.62. The lowest BCUT2D eigenvalue weighted by atomic mass is 9.76. The van der Waals surface area contributed by atoms with Gasteiger partial charge in [0.05, 0.1) is 5.69 Å². The molecule has 0 aromatic carbocycles. The number of fused-ring (bicyclic) bond motifs is 1. The van der Waals surface area contributed by atoms with Crippen LogP contribution in [0.3, 0.4) is 0 Å². The fraction of sp³-hybridized carbons (Fsp3) is 0.727. The van der Waals surface area contributed by atoms with Crippen LogP contribution in [0.4, 0.5) is 0 Å². The Morgan fingerprint density at radius 2 is 2.29 bits per heavy atom. The highest BCUT2D eigenvalue weighted by Gasteiger charge is 2.28. The Morgan fingerprint density at radius 1 is 1.50 bits per heavy atom. The number of rotatable bonds is 2. The summed E-state index contributed by atoms with van der Waals surface area (Å²) in [6.45, 7) is 5.33. The molecule has 3 nitrogen and oxygen atoms in total. The van der Waals surface area contributed by atoms with Gasteiger partial charge in [0.15, 0.2) is 0 Å². The van der Waals surface area contributed by atoms with E-state index in [1.165, 1.54) is 23.4 Å². The molecule has 3 N–H and O–H groups in total. The fourth-order valence-electron chi connectivity index (χ4n) is 2.26. The van der Waals surface area contributed by atoms with Gasteiger partial charge in [-0.2, -0.15) is 5.10 Å². The molecule has 14 heavy (non-hydrogen) atoms. The van der Waals surface area contributed by atoms with Crippen LogP contribution in [0.25, 0.3) is 0 Å². The number of nitrogens with two attached hydrogens (primary N) is 1. The molecule has 0 amide bonds. The highest BCUT2D eigenvalue weighted by Crippen LogP contribution is 2.34. The van der Waals surface area contributed by atoms with Gasteiger partial charge in [-0.05, 0) is 36.8 Å². The van der Waals surface area contributed by atoms with Gasteiger partial charge in [0, 0.05) is 12.1 Å². The first-order valence-electron chi connectivity index (χ1n) is 5.37. The third-order valence-electron chi connectivity index (χ3n) is 3.13. The topological polar surface area (TPSA) is 54.7 Å². The zero-order valence-corrected chi connectivity index (χ0v) is 9.06. The van der Waals surface area contributed by atoms with E-state index in [1.807, 2.05) is 0 Å². The number of H-pyrrole nitrogens is 1. The Bertz CT molecular complexity index is 325. The van der Waals surface area contributed by atoms with E-state index in [1.54, 1.807) is 0 Å². The number of nitrogens with zero attached hydrogens (tertiary/aromatic N) is 1. The summed E-state index contributed by atoms with van der Waals surface area (Å²) in [7, 11) is 0. The van der Waals surface area contributed by atoms with E-state index in [-0.39, 0.29) is 0 Å². The van der Waals surface area contributed by atoms with E-state index in [0.717, 1.165) is 19.3 Å². The van der Waals surface area contributed by atoms with Gasteiger partial charge in [0.1, 0.15) is 0 Å². The van der Waals surface area contributed by atoms with E-state index >= 15 is 0 Å². The number of aromatic amines is 1. The van der Waals surface area contributed by atoms with Crippen molar-refractivity contribution in [3.05, 3.63) is 17.0 Å². The lowest BCUT2D eigenvalue weighted by molar-refractivity contribution is 0.311. The molecule has 0 bridgehead atoms. The van der Waals surface area contributed by atoms with Crippen molar-refractivity contribution in [2.75, 3.05) is 6.54 Å². The van der Waals surface area contributed by atoms with Crippen molar-refractivity contribution in [3.8, 4) is 0 Å². The Balaban J connectivity index is 2.25. The maximum absolute atomic E-state index is 5.55. The second-order valence-corrected chi connectivity index (χ2v) is 5.01. The second-order valence-electron chi connectivity index (χ2n) is 5.01. The summed E-state index contributed by atoms with van der Waals surface area (Å²) >= 11 is 0. The molecule has 1 aliphatic rings. The zero-order valence-electron chi connectivity index (χ0n) is 9.06. The molecule has 0 aliphatic heterocycles. The average Bonchev–Trinajstić information content (AvgIpc) is 2.47. The van der Waals surface area contributed by atoms with E-state index < -0.39 is 0 Å². The molecule has 0 radical (unpaired) electrons. The third-order valence-corrected chi connectivity index (χ3v) is 3.13. The maximum atomic E-state index is 5.55. The minimum atomic E-state index is 0.430. The lowest BCUT2D eigenvalue weighted by Crippen LogP contribution is -2.22. The third kappa shape index (κ3) is 1.69. The molecular weight excluding hydrogens is 174 g/mol. The monoisotopic (exact) mass is 193 g/mol. The molecule has 1 aromatic rings. The first-order valence-corrected chi connectivity index (χ1v) is 5.37. The van der Waals surface area contributed by atoms with Crippen molar-refractivity contribution < 1.29 is 0 Å². The molecule has 0 atom stereocenters. The lowest BCUT2D eigenvalue weighted by Gasteiger charge is -2.29. The van der Waals surface area contributed by atoms with Crippen LogP contribution in [-0.4, -0.2) is 16.7 Å².